The molecule has 0 atom stereocenters. The Balaban J connectivity index is 1.75. The summed E-state index contributed by atoms with van der Waals surface area (Å²) in [6.07, 6.45) is 14.4. The summed E-state index contributed by atoms with van der Waals surface area (Å²) in [5.74, 6) is 0. The van der Waals surface area contributed by atoms with E-state index in [1.807, 2.05) is 0 Å². The van der Waals surface area contributed by atoms with Gasteiger partial charge in [0.25, 0.3) is 0 Å². The van der Waals surface area contributed by atoms with Crippen molar-refractivity contribution >= 4 is 10.2 Å². The van der Waals surface area contributed by atoms with E-state index in [0.29, 0.717) is 0 Å². The Labute approximate surface area is 135 Å². The fourth-order valence-electron chi connectivity index (χ4n) is 2.74. The zero-order valence-corrected chi connectivity index (χ0v) is 16.1. The molecule has 0 bridgehead atoms. The van der Waals surface area contributed by atoms with Gasteiger partial charge in [0, 0.05) is 16.8 Å². The summed E-state index contributed by atoms with van der Waals surface area (Å²) >= 11 is 0. The van der Waals surface area contributed by atoms with Crippen molar-refractivity contribution in [2.45, 2.75) is 76.8 Å². The van der Waals surface area contributed by atoms with E-state index < -0.39 is 0 Å². The van der Waals surface area contributed by atoms with Gasteiger partial charge in [-0.2, -0.15) is 0 Å². The Kier molecular flexibility index (Phi) is 12.6. The first-order valence-electron chi connectivity index (χ1n) is 9.18. The molecule has 1 rings (SSSR count). The SMILES string of the molecule is [SiH3]CCCCCCCCCCCCNCc1ccccc1. The van der Waals surface area contributed by atoms with Crippen LogP contribution in [0, 0.1) is 0 Å². The zero-order chi connectivity index (χ0) is 15.0. The molecule has 0 radical (unpaired) electrons. The lowest BCUT2D eigenvalue weighted by Crippen LogP contribution is -2.14. The number of nitrogens with one attached hydrogen (secondary N) is 1. The van der Waals surface area contributed by atoms with Gasteiger partial charge in [0.05, 0.1) is 0 Å². The highest BCUT2D eigenvalue weighted by atomic mass is 28.1. The molecule has 0 amide bonds. The third-order valence-corrected chi connectivity index (χ3v) is 4.84. The third-order valence-electron chi connectivity index (χ3n) is 4.13. The minimum atomic E-state index is 1.01. The molecule has 0 aliphatic rings. The summed E-state index contributed by atoms with van der Waals surface area (Å²) in [5.41, 5.74) is 1.39. The summed E-state index contributed by atoms with van der Waals surface area (Å²) in [7, 11) is 1.40. The van der Waals surface area contributed by atoms with Crippen LogP contribution in [0.4, 0.5) is 0 Å². The van der Waals surface area contributed by atoms with E-state index in [0.717, 1.165) is 13.1 Å². The van der Waals surface area contributed by atoms with Crippen molar-refractivity contribution in [2.75, 3.05) is 6.54 Å². The van der Waals surface area contributed by atoms with Gasteiger partial charge < -0.3 is 5.32 Å². The first-order chi connectivity index (χ1) is 10.4. The van der Waals surface area contributed by atoms with Crippen LogP contribution in [0.3, 0.4) is 0 Å². The Morgan fingerprint density at radius 1 is 0.667 bits per heavy atom. The molecule has 0 aliphatic heterocycles. The van der Waals surface area contributed by atoms with Crippen LogP contribution >= 0.6 is 0 Å². The minimum Gasteiger partial charge on any atom is -0.313 e. The molecule has 0 aromatic heterocycles. The Hall–Kier alpha value is -0.603. The van der Waals surface area contributed by atoms with Gasteiger partial charge in [0.2, 0.25) is 0 Å². The smallest absolute Gasteiger partial charge is 0.0205 e. The van der Waals surface area contributed by atoms with E-state index in [1.165, 1.54) is 86.1 Å². The van der Waals surface area contributed by atoms with Crippen LogP contribution in [0.5, 0.6) is 0 Å². The standard InChI is InChI=1S/C19H35NSi/c21-17-13-8-6-4-2-1-3-5-7-12-16-20-18-19-14-10-9-11-15-19/h9-11,14-15,20H,1-8,12-13,16-18H2,21H3. The number of unbranched alkanes of at least 4 members (excludes halogenated alkanes) is 9. The highest BCUT2D eigenvalue weighted by molar-refractivity contribution is 6.08. The summed E-state index contributed by atoms with van der Waals surface area (Å²) in [6, 6.07) is 12.2. The van der Waals surface area contributed by atoms with E-state index in [9.17, 15) is 0 Å². The topological polar surface area (TPSA) is 12.0 Å². The summed E-state index contributed by atoms with van der Waals surface area (Å²) in [5, 5.41) is 3.54. The number of rotatable bonds is 14. The molecule has 0 saturated heterocycles. The van der Waals surface area contributed by atoms with Crippen molar-refractivity contribution in [3.8, 4) is 0 Å². The lowest BCUT2D eigenvalue weighted by Gasteiger charge is -2.05. The molecule has 2 heteroatoms. The van der Waals surface area contributed by atoms with Gasteiger partial charge in [0.1, 0.15) is 0 Å². The maximum absolute atomic E-state index is 3.54. The average Bonchev–Trinajstić information content (AvgIpc) is 2.53. The molecule has 0 spiro atoms. The molecule has 1 aromatic carbocycles. The number of hydrogen-bond donors (Lipinski definition) is 1. The van der Waals surface area contributed by atoms with Crippen LogP contribution in [0.15, 0.2) is 30.3 Å². The molecule has 1 nitrogen and oxygen atoms in total. The molecule has 0 unspecified atom stereocenters. The monoisotopic (exact) mass is 305 g/mol. The first kappa shape index (κ1) is 18.4. The Morgan fingerprint density at radius 3 is 1.76 bits per heavy atom. The van der Waals surface area contributed by atoms with Gasteiger partial charge in [-0.3, -0.25) is 0 Å². The Morgan fingerprint density at radius 2 is 1.19 bits per heavy atom. The largest absolute Gasteiger partial charge is 0.313 e. The molecule has 0 fully saturated rings. The average molecular weight is 306 g/mol. The molecule has 1 aromatic rings. The van der Waals surface area contributed by atoms with Gasteiger partial charge in [-0.1, -0.05) is 94.2 Å². The van der Waals surface area contributed by atoms with Crippen molar-refractivity contribution in [3.63, 3.8) is 0 Å². The van der Waals surface area contributed by atoms with Gasteiger partial charge >= 0.3 is 0 Å². The normalized spacial score (nSPS) is 11.0. The zero-order valence-electron chi connectivity index (χ0n) is 14.1. The molecule has 0 heterocycles. The predicted octanol–water partition coefficient (Wildman–Crippen LogP) is 4.46. The fourth-order valence-corrected chi connectivity index (χ4v) is 3.24. The quantitative estimate of drug-likeness (QED) is 0.395. The summed E-state index contributed by atoms with van der Waals surface area (Å²) in [6.45, 7) is 2.18. The highest BCUT2D eigenvalue weighted by Gasteiger charge is 1.94. The van der Waals surface area contributed by atoms with Crippen LogP contribution in [0.1, 0.15) is 69.8 Å². The molecule has 21 heavy (non-hydrogen) atoms. The second-order valence-corrected chi connectivity index (χ2v) is 7.20. The van der Waals surface area contributed by atoms with Crippen molar-refractivity contribution in [1.82, 2.24) is 5.32 Å². The van der Waals surface area contributed by atoms with Gasteiger partial charge in [-0.15, -0.1) is 0 Å². The molecule has 120 valence electrons. The summed E-state index contributed by atoms with van der Waals surface area (Å²) in [4.78, 5) is 0. The second kappa shape index (κ2) is 14.3. The van der Waals surface area contributed by atoms with Crippen molar-refractivity contribution < 1.29 is 0 Å². The highest BCUT2D eigenvalue weighted by Crippen LogP contribution is 2.10. The van der Waals surface area contributed by atoms with E-state index in [2.05, 4.69) is 35.6 Å². The fraction of sp³-hybridized carbons (Fsp3) is 0.684. The lowest BCUT2D eigenvalue weighted by atomic mass is 10.1. The molecule has 0 saturated carbocycles. The van der Waals surface area contributed by atoms with Gasteiger partial charge in [-0.25, -0.2) is 0 Å². The van der Waals surface area contributed by atoms with Crippen LogP contribution in [-0.2, 0) is 6.54 Å². The lowest BCUT2D eigenvalue weighted by molar-refractivity contribution is 0.543. The number of hydrogen-bond acceptors (Lipinski definition) is 1. The van der Waals surface area contributed by atoms with Gasteiger partial charge in [-0.05, 0) is 18.5 Å². The molecule has 1 N–H and O–H groups in total. The van der Waals surface area contributed by atoms with Crippen molar-refractivity contribution in [3.05, 3.63) is 35.9 Å². The van der Waals surface area contributed by atoms with E-state index in [1.54, 1.807) is 0 Å². The van der Waals surface area contributed by atoms with Crippen LogP contribution < -0.4 is 5.32 Å². The van der Waals surface area contributed by atoms with Crippen molar-refractivity contribution in [1.29, 1.82) is 0 Å². The van der Waals surface area contributed by atoms with Crippen molar-refractivity contribution in [2.24, 2.45) is 0 Å². The Bertz CT molecular complexity index is 313. The van der Waals surface area contributed by atoms with Crippen LogP contribution in [-0.4, -0.2) is 16.8 Å². The second-order valence-electron chi connectivity index (χ2n) is 6.20. The minimum absolute atomic E-state index is 1.01. The van der Waals surface area contributed by atoms with E-state index in [-0.39, 0.29) is 0 Å². The summed E-state index contributed by atoms with van der Waals surface area (Å²) < 4.78 is 0. The van der Waals surface area contributed by atoms with Crippen LogP contribution in [0.25, 0.3) is 0 Å². The number of benzene rings is 1. The van der Waals surface area contributed by atoms with E-state index in [4.69, 9.17) is 0 Å². The van der Waals surface area contributed by atoms with E-state index >= 15 is 0 Å². The van der Waals surface area contributed by atoms with Crippen LogP contribution in [0.2, 0.25) is 6.04 Å². The third kappa shape index (κ3) is 11.7. The molecular formula is C19H35NSi. The maximum Gasteiger partial charge on any atom is 0.0205 e. The molecular weight excluding hydrogens is 270 g/mol. The predicted molar refractivity (Wildman–Crippen MR) is 99.1 cm³/mol. The maximum atomic E-state index is 3.54. The molecule has 0 aliphatic carbocycles. The van der Waals surface area contributed by atoms with Gasteiger partial charge in [0.15, 0.2) is 0 Å². The first-order valence-corrected chi connectivity index (χ1v) is 10.6.